The Hall–Kier alpha value is -2.91. The molecule has 0 fully saturated rings. The molecule has 0 aliphatic carbocycles. The van der Waals surface area contributed by atoms with Crippen molar-refractivity contribution in [1.29, 1.82) is 0 Å². The lowest BCUT2D eigenvalue weighted by atomic mass is 10.2. The monoisotopic (exact) mass is 410 g/mol. The predicted octanol–water partition coefficient (Wildman–Crippen LogP) is 4.25. The molecule has 0 aliphatic rings. The van der Waals surface area contributed by atoms with Gasteiger partial charge in [-0.3, -0.25) is 4.79 Å². The van der Waals surface area contributed by atoms with E-state index in [2.05, 4.69) is 44.8 Å². The van der Waals surface area contributed by atoms with Gasteiger partial charge in [0.2, 0.25) is 11.7 Å². The average Bonchev–Trinajstić information content (AvgIpc) is 3.44. The fourth-order valence-electron chi connectivity index (χ4n) is 2.62. The van der Waals surface area contributed by atoms with E-state index >= 15 is 0 Å². The second-order valence-electron chi connectivity index (χ2n) is 6.17. The van der Waals surface area contributed by atoms with Gasteiger partial charge in [0.25, 0.3) is 0 Å². The predicted molar refractivity (Wildman–Crippen MR) is 111 cm³/mol. The highest BCUT2D eigenvalue weighted by molar-refractivity contribution is 7.17. The first kappa shape index (κ1) is 18.5. The van der Waals surface area contributed by atoms with Gasteiger partial charge in [0, 0.05) is 22.2 Å². The lowest BCUT2D eigenvalue weighted by Gasteiger charge is -2.01. The fraction of sp³-hybridized carbons (Fsp3) is 0.211. The van der Waals surface area contributed by atoms with Crippen LogP contribution in [-0.2, 0) is 11.3 Å². The van der Waals surface area contributed by atoms with Gasteiger partial charge in [0.05, 0.1) is 17.1 Å². The second kappa shape index (κ2) is 8.41. The van der Waals surface area contributed by atoms with Crippen molar-refractivity contribution in [1.82, 2.24) is 25.2 Å². The highest BCUT2D eigenvalue weighted by Gasteiger charge is 2.10. The van der Waals surface area contributed by atoms with Crippen LogP contribution in [0.4, 0.5) is 5.13 Å². The Morgan fingerprint density at radius 2 is 2.04 bits per heavy atom. The van der Waals surface area contributed by atoms with Gasteiger partial charge in [0.15, 0.2) is 5.13 Å². The maximum atomic E-state index is 12.2. The standard InChI is InChI=1S/C19H18N6OS2/c1-13-9-10-16(28-13)15-12-27-19(20-15)21-17(26)8-5-11-25-23-18(22-24-25)14-6-3-2-4-7-14/h2-4,6-7,9-10,12H,5,8,11H2,1H3,(H,20,21,26). The van der Waals surface area contributed by atoms with Crippen LogP contribution in [0.15, 0.2) is 47.8 Å². The molecule has 142 valence electrons. The van der Waals surface area contributed by atoms with Gasteiger partial charge in [-0.1, -0.05) is 30.3 Å². The van der Waals surface area contributed by atoms with Gasteiger partial charge in [-0.2, -0.15) is 4.80 Å². The van der Waals surface area contributed by atoms with Crippen molar-refractivity contribution >= 4 is 33.7 Å². The second-order valence-corrected chi connectivity index (χ2v) is 8.32. The number of rotatable bonds is 7. The van der Waals surface area contributed by atoms with Crippen LogP contribution in [0.3, 0.4) is 0 Å². The molecule has 0 bridgehead atoms. The molecule has 4 rings (SSSR count). The summed E-state index contributed by atoms with van der Waals surface area (Å²) in [5, 5.41) is 17.9. The third-order valence-corrected chi connectivity index (χ3v) is 5.77. The molecule has 0 saturated heterocycles. The Morgan fingerprint density at radius 3 is 2.82 bits per heavy atom. The number of thiazole rings is 1. The third kappa shape index (κ3) is 4.49. The number of carbonyl (C=O) groups excluding carboxylic acids is 1. The number of nitrogens with zero attached hydrogens (tertiary/aromatic N) is 5. The van der Waals surface area contributed by atoms with Gasteiger partial charge in [-0.05, 0) is 30.7 Å². The number of tetrazole rings is 1. The van der Waals surface area contributed by atoms with Crippen LogP contribution >= 0.6 is 22.7 Å². The average molecular weight is 411 g/mol. The van der Waals surface area contributed by atoms with Gasteiger partial charge in [-0.25, -0.2) is 4.98 Å². The maximum Gasteiger partial charge on any atom is 0.226 e. The summed E-state index contributed by atoms with van der Waals surface area (Å²) in [6.07, 6.45) is 0.994. The molecule has 1 aromatic carbocycles. The maximum absolute atomic E-state index is 12.2. The van der Waals surface area contributed by atoms with Crippen LogP contribution in [0, 0.1) is 6.92 Å². The zero-order valence-electron chi connectivity index (χ0n) is 15.2. The largest absolute Gasteiger partial charge is 0.302 e. The SMILES string of the molecule is Cc1ccc(-c2csc(NC(=O)CCCn3nnc(-c4ccccc4)n3)n2)s1. The number of aryl methyl sites for hydroxylation is 2. The first-order valence-corrected chi connectivity index (χ1v) is 10.5. The van der Waals surface area contributed by atoms with Crippen molar-refractivity contribution in [2.75, 3.05) is 5.32 Å². The Bertz CT molecular complexity index is 1070. The van der Waals surface area contributed by atoms with Gasteiger partial charge >= 0.3 is 0 Å². The van der Waals surface area contributed by atoms with Crippen molar-refractivity contribution in [3.8, 4) is 22.0 Å². The van der Waals surface area contributed by atoms with Crippen LogP contribution in [0.1, 0.15) is 17.7 Å². The van der Waals surface area contributed by atoms with Crippen LogP contribution in [-0.4, -0.2) is 31.1 Å². The first-order chi connectivity index (χ1) is 13.7. The zero-order chi connectivity index (χ0) is 19.3. The van der Waals surface area contributed by atoms with Crippen LogP contribution in [0.5, 0.6) is 0 Å². The minimum Gasteiger partial charge on any atom is -0.302 e. The highest BCUT2D eigenvalue weighted by Crippen LogP contribution is 2.30. The summed E-state index contributed by atoms with van der Waals surface area (Å²) in [5.41, 5.74) is 1.82. The third-order valence-electron chi connectivity index (χ3n) is 3.99. The van der Waals surface area contributed by atoms with E-state index in [1.54, 1.807) is 11.3 Å². The van der Waals surface area contributed by atoms with Crippen LogP contribution in [0.2, 0.25) is 0 Å². The molecule has 9 heteroatoms. The number of amides is 1. The molecule has 28 heavy (non-hydrogen) atoms. The summed E-state index contributed by atoms with van der Waals surface area (Å²) in [5.74, 6) is 0.524. The lowest BCUT2D eigenvalue weighted by Crippen LogP contribution is -2.13. The molecule has 3 aromatic heterocycles. The summed E-state index contributed by atoms with van der Waals surface area (Å²) in [6.45, 7) is 2.60. The van der Waals surface area contributed by atoms with E-state index in [0.717, 1.165) is 16.1 Å². The molecule has 3 heterocycles. The van der Waals surface area contributed by atoms with E-state index < -0.39 is 0 Å². The molecular weight excluding hydrogens is 392 g/mol. The number of aromatic nitrogens is 5. The number of nitrogens with one attached hydrogen (secondary N) is 1. The van der Waals surface area contributed by atoms with E-state index in [-0.39, 0.29) is 5.91 Å². The lowest BCUT2D eigenvalue weighted by molar-refractivity contribution is -0.116. The molecule has 4 aromatic rings. The van der Waals surface area contributed by atoms with E-state index in [0.29, 0.717) is 30.3 Å². The Labute approximate surface area is 170 Å². The quantitative estimate of drug-likeness (QED) is 0.492. The van der Waals surface area contributed by atoms with Crippen molar-refractivity contribution < 1.29 is 4.79 Å². The molecule has 0 radical (unpaired) electrons. The van der Waals surface area contributed by atoms with E-state index in [4.69, 9.17) is 0 Å². The van der Waals surface area contributed by atoms with Gasteiger partial charge < -0.3 is 5.32 Å². The number of hydrogen-bond acceptors (Lipinski definition) is 7. The highest BCUT2D eigenvalue weighted by atomic mass is 32.1. The van der Waals surface area contributed by atoms with E-state index in [9.17, 15) is 4.79 Å². The minimum atomic E-state index is -0.0633. The molecule has 7 nitrogen and oxygen atoms in total. The summed E-state index contributed by atoms with van der Waals surface area (Å²) in [4.78, 5) is 20.5. The van der Waals surface area contributed by atoms with Crippen molar-refractivity contribution in [2.45, 2.75) is 26.3 Å². The van der Waals surface area contributed by atoms with Crippen LogP contribution in [0.25, 0.3) is 22.0 Å². The molecular formula is C19H18N6OS2. The molecule has 0 aliphatic heterocycles. The Kier molecular flexibility index (Phi) is 5.54. The van der Waals surface area contributed by atoms with Crippen LogP contribution < -0.4 is 5.32 Å². The molecule has 0 unspecified atom stereocenters. The van der Waals surface area contributed by atoms with Crippen molar-refractivity contribution in [3.05, 3.63) is 52.7 Å². The number of benzene rings is 1. The van der Waals surface area contributed by atoms with Crippen molar-refractivity contribution in [3.63, 3.8) is 0 Å². The summed E-state index contributed by atoms with van der Waals surface area (Å²) in [7, 11) is 0. The summed E-state index contributed by atoms with van der Waals surface area (Å²) < 4.78 is 0. The number of thiophene rings is 1. The summed E-state index contributed by atoms with van der Waals surface area (Å²) in [6, 6.07) is 13.8. The van der Waals surface area contributed by atoms with E-state index in [1.165, 1.54) is 21.0 Å². The Morgan fingerprint density at radius 1 is 1.18 bits per heavy atom. The topological polar surface area (TPSA) is 85.6 Å². The van der Waals surface area contributed by atoms with Crippen molar-refractivity contribution in [2.24, 2.45) is 0 Å². The number of anilines is 1. The molecule has 1 N–H and O–H groups in total. The Balaban J connectivity index is 1.26. The smallest absolute Gasteiger partial charge is 0.226 e. The van der Waals surface area contributed by atoms with Gasteiger partial charge in [0.1, 0.15) is 0 Å². The number of hydrogen-bond donors (Lipinski definition) is 1. The zero-order valence-corrected chi connectivity index (χ0v) is 16.8. The minimum absolute atomic E-state index is 0.0633. The molecule has 1 amide bonds. The number of carbonyl (C=O) groups is 1. The molecule has 0 atom stereocenters. The normalized spacial score (nSPS) is 10.9. The fourth-order valence-corrected chi connectivity index (χ4v) is 4.25. The van der Waals surface area contributed by atoms with Gasteiger partial charge in [-0.15, -0.1) is 32.9 Å². The molecule has 0 saturated carbocycles. The molecule has 0 spiro atoms. The first-order valence-electron chi connectivity index (χ1n) is 8.83. The summed E-state index contributed by atoms with van der Waals surface area (Å²) >= 11 is 3.13. The van der Waals surface area contributed by atoms with E-state index in [1.807, 2.05) is 35.7 Å².